The zero-order chi connectivity index (χ0) is 20.7. The SMILES string of the molecule is COc1ccc(S(=O)(=O)C(CNC(=O)Nc2ccccc2)c2cccnc2)cc1. The number of hydrogen-bond donors (Lipinski definition) is 2. The van der Waals surface area contributed by atoms with Crippen molar-refractivity contribution < 1.29 is 17.9 Å². The lowest BCUT2D eigenvalue weighted by atomic mass is 10.2. The Hall–Kier alpha value is -3.39. The first kappa shape index (κ1) is 20.3. The first-order valence-corrected chi connectivity index (χ1v) is 10.4. The van der Waals surface area contributed by atoms with Crippen molar-refractivity contribution in [1.82, 2.24) is 10.3 Å². The molecular formula is C21H21N3O4S. The average molecular weight is 411 g/mol. The highest BCUT2D eigenvalue weighted by molar-refractivity contribution is 7.91. The van der Waals surface area contributed by atoms with Gasteiger partial charge in [-0.3, -0.25) is 4.98 Å². The Labute approximate surface area is 169 Å². The first-order valence-electron chi connectivity index (χ1n) is 8.88. The molecule has 2 N–H and O–H groups in total. The zero-order valence-corrected chi connectivity index (χ0v) is 16.6. The third-order valence-electron chi connectivity index (χ3n) is 4.30. The molecule has 0 saturated heterocycles. The van der Waals surface area contributed by atoms with E-state index in [9.17, 15) is 13.2 Å². The first-order chi connectivity index (χ1) is 14.0. The number of hydrogen-bond acceptors (Lipinski definition) is 5. The maximum atomic E-state index is 13.3. The summed E-state index contributed by atoms with van der Waals surface area (Å²) in [7, 11) is -2.27. The number of nitrogens with zero attached hydrogens (tertiary/aromatic N) is 1. The molecule has 1 unspecified atom stereocenters. The molecule has 3 aromatic rings. The Bertz CT molecular complexity index is 1040. The number of para-hydroxylation sites is 1. The van der Waals surface area contributed by atoms with Gasteiger partial charge < -0.3 is 15.4 Å². The Balaban J connectivity index is 1.82. The number of methoxy groups -OCH3 is 1. The average Bonchev–Trinajstić information content (AvgIpc) is 2.75. The molecule has 3 rings (SSSR count). The summed E-state index contributed by atoms with van der Waals surface area (Å²) in [5.41, 5.74) is 1.10. The highest BCUT2D eigenvalue weighted by Gasteiger charge is 2.30. The smallest absolute Gasteiger partial charge is 0.319 e. The van der Waals surface area contributed by atoms with Crippen molar-refractivity contribution in [2.45, 2.75) is 10.1 Å². The summed E-state index contributed by atoms with van der Waals surface area (Å²) in [5, 5.41) is 4.33. The van der Waals surface area contributed by atoms with E-state index in [1.165, 1.54) is 25.4 Å². The number of carbonyl (C=O) groups excluding carboxylic acids is 1. The van der Waals surface area contributed by atoms with E-state index in [-0.39, 0.29) is 11.4 Å². The van der Waals surface area contributed by atoms with Crippen LogP contribution in [0.3, 0.4) is 0 Å². The summed E-state index contributed by atoms with van der Waals surface area (Å²) >= 11 is 0. The molecule has 150 valence electrons. The number of anilines is 1. The normalized spacial score (nSPS) is 12.0. The van der Waals surface area contributed by atoms with Crippen molar-refractivity contribution >= 4 is 21.6 Å². The Kier molecular flexibility index (Phi) is 6.46. The number of amides is 2. The lowest BCUT2D eigenvalue weighted by molar-refractivity contribution is 0.252. The van der Waals surface area contributed by atoms with Crippen LogP contribution in [-0.4, -0.2) is 33.1 Å². The van der Waals surface area contributed by atoms with Gasteiger partial charge in [-0.2, -0.15) is 0 Å². The number of urea groups is 1. The summed E-state index contributed by atoms with van der Waals surface area (Å²) in [6.07, 6.45) is 3.05. The van der Waals surface area contributed by atoms with Crippen LogP contribution >= 0.6 is 0 Å². The van der Waals surface area contributed by atoms with Crippen molar-refractivity contribution in [3.05, 3.63) is 84.7 Å². The number of pyridine rings is 1. The fraction of sp³-hybridized carbons (Fsp3) is 0.143. The van der Waals surface area contributed by atoms with Gasteiger partial charge in [0, 0.05) is 24.6 Å². The molecule has 1 heterocycles. The van der Waals surface area contributed by atoms with Gasteiger partial charge in [0.15, 0.2) is 9.84 Å². The molecule has 1 atom stereocenters. The van der Waals surface area contributed by atoms with E-state index in [0.29, 0.717) is 17.0 Å². The van der Waals surface area contributed by atoms with Gasteiger partial charge in [-0.1, -0.05) is 24.3 Å². The quantitative estimate of drug-likeness (QED) is 0.621. The maximum Gasteiger partial charge on any atom is 0.319 e. The largest absolute Gasteiger partial charge is 0.497 e. The minimum atomic E-state index is -3.79. The minimum Gasteiger partial charge on any atom is -0.497 e. The zero-order valence-electron chi connectivity index (χ0n) is 15.8. The Morgan fingerprint density at radius 3 is 2.38 bits per heavy atom. The molecule has 0 saturated carbocycles. The number of rotatable bonds is 7. The Morgan fingerprint density at radius 1 is 1.03 bits per heavy atom. The fourth-order valence-electron chi connectivity index (χ4n) is 2.78. The molecule has 0 fully saturated rings. The summed E-state index contributed by atoms with van der Waals surface area (Å²) in [4.78, 5) is 16.4. The second kappa shape index (κ2) is 9.20. The Morgan fingerprint density at radius 2 is 1.76 bits per heavy atom. The molecule has 8 heteroatoms. The number of sulfone groups is 1. The molecule has 1 aromatic heterocycles. The number of benzene rings is 2. The number of aromatic nitrogens is 1. The van der Waals surface area contributed by atoms with E-state index in [1.54, 1.807) is 54.7 Å². The third kappa shape index (κ3) is 5.11. The van der Waals surface area contributed by atoms with Crippen LogP contribution in [-0.2, 0) is 9.84 Å². The van der Waals surface area contributed by atoms with Crippen LogP contribution in [0, 0.1) is 0 Å². The van der Waals surface area contributed by atoms with Crippen molar-refractivity contribution in [2.75, 3.05) is 19.0 Å². The van der Waals surface area contributed by atoms with Gasteiger partial charge in [0.1, 0.15) is 11.0 Å². The van der Waals surface area contributed by atoms with Crippen LogP contribution in [0.2, 0.25) is 0 Å². The van der Waals surface area contributed by atoms with Gasteiger partial charge in [-0.15, -0.1) is 0 Å². The second-order valence-corrected chi connectivity index (χ2v) is 8.33. The van der Waals surface area contributed by atoms with Gasteiger partial charge in [0.25, 0.3) is 0 Å². The van der Waals surface area contributed by atoms with E-state index in [0.717, 1.165) is 0 Å². The molecular weight excluding hydrogens is 390 g/mol. The molecule has 7 nitrogen and oxygen atoms in total. The minimum absolute atomic E-state index is 0.112. The molecule has 0 radical (unpaired) electrons. The number of carbonyl (C=O) groups is 1. The standard InChI is InChI=1S/C21H21N3O4S/c1-28-18-9-11-19(12-10-18)29(26,27)20(16-6-5-13-22-14-16)15-23-21(25)24-17-7-3-2-4-8-17/h2-14,20H,15H2,1H3,(H2,23,24,25). The van der Waals surface area contributed by atoms with Crippen LogP contribution in [0.25, 0.3) is 0 Å². The predicted molar refractivity (Wildman–Crippen MR) is 111 cm³/mol. The maximum absolute atomic E-state index is 13.3. The van der Waals surface area contributed by atoms with E-state index < -0.39 is 21.1 Å². The molecule has 0 bridgehead atoms. The lowest BCUT2D eigenvalue weighted by Gasteiger charge is -2.19. The summed E-state index contributed by atoms with van der Waals surface area (Å²) in [5.74, 6) is 0.558. The number of nitrogens with one attached hydrogen (secondary N) is 2. The molecule has 29 heavy (non-hydrogen) atoms. The van der Waals surface area contributed by atoms with Gasteiger partial charge in [0.05, 0.1) is 12.0 Å². The molecule has 0 aliphatic rings. The van der Waals surface area contributed by atoms with Crippen LogP contribution in [0.1, 0.15) is 10.8 Å². The van der Waals surface area contributed by atoms with Crippen LogP contribution in [0.5, 0.6) is 5.75 Å². The van der Waals surface area contributed by atoms with Gasteiger partial charge >= 0.3 is 6.03 Å². The van der Waals surface area contributed by atoms with Crippen LogP contribution in [0.4, 0.5) is 10.5 Å². The van der Waals surface area contributed by atoms with Gasteiger partial charge in [-0.25, -0.2) is 13.2 Å². The molecule has 0 aliphatic heterocycles. The van der Waals surface area contributed by atoms with E-state index in [2.05, 4.69) is 15.6 Å². The molecule has 0 spiro atoms. The van der Waals surface area contributed by atoms with Crippen LogP contribution < -0.4 is 15.4 Å². The molecule has 0 aliphatic carbocycles. The van der Waals surface area contributed by atoms with Gasteiger partial charge in [-0.05, 0) is 48.0 Å². The third-order valence-corrected chi connectivity index (χ3v) is 6.42. The van der Waals surface area contributed by atoms with Crippen molar-refractivity contribution in [3.63, 3.8) is 0 Å². The highest BCUT2D eigenvalue weighted by Crippen LogP contribution is 2.29. The van der Waals surface area contributed by atoms with Crippen LogP contribution in [0.15, 0.2) is 84.0 Å². The summed E-state index contributed by atoms with van der Waals surface area (Å²) in [6.45, 7) is -0.112. The van der Waals surface area contributed by atoms with E-state index in [4.69, 9.17) is 4.74 Å². The summed E-state index contributed by atoms with van der Waals surface area (Å²) in [6, 6.07) is 17.9. The predicted octanol–water partition coefficient (Wildman–Crippen LogP) is 3.43. The van der Waals surface area contributed by atoms with Gasteiger partial charge in [0.2, 0.25) is 0 Å². The second-order valence-electron chi connectivity index (χ2n) is 6.20. The number of ether oxygens (including phenoxy) is 1. The van der Waals surface area contributed by atoms with E-state index in [1.807, 2.05) is 6.07 Å². The van der Waals surface area contributed by atoms with Crippen molar-refractivity contribution in [1.29, 1.82) is 0 Å². The fourth-order valence-corrected chi connectivity index (χ4v) is 4.43. The topological polar surface area (TPSA) is 97.4 Å². The summed E-state index contributed by atoms with van der Waals surface area (Å²) < 4.78 is 31.6. The lowest BCUT2D eigenvalue weighted by Crippen LogP contribution is -2.35. The van der Waals surface area contributed by atoms with Crippen molar-refractivity contribution in [3.8, 4) is 5.75 Å². The monoisotopic (exact) mass is 411 g/mol. The molecule has 2 aromatic carbocycles. The molecule has 2 amide bonds. The van der Waals surface area contributed by atoms with Crippen molar-refractivity contribution in [2.24, 2.45) is 0 Å². The van der Waals surface area contributed by atoms with E-state index >= 15 is 0 Å². The highest BCUT2D eigenvalue weighted by atomic mass is 32.2.